The number of nitrogens with zero attached hydrogens (tertiary/aromatic N) is 1. The number of hydrogen-bond acceptors (Lipinski definition) is 0. The number of fused-ring (bicyclic) bond motifs is 6. The average Bonchev–Trinajstić information content (AvgIpc) is 3.49. The van der Waals surface area contributed by atoms with Gasteiger partial charge in [0.2, 0.25) is 0 Å². The van der Waals surface area contributed by atoms with Crippen molar-refractivity contribution < 1.29 is 0 Å². The summed E-state index contributed by atoms with van der Waals surface area (Å²) in [7, 11) is 0. The molecule has 2 aliphatic rings. The minimum atomic E-state index is -0.332. The molecule has 0 fully saturated rings. The summed E-state index contributed by atoms with van der Waals surface area (Å²) in [6.45, 7) is 2.33. The molecule has 8 rings (SSSR count). The second-order valence-corrected chi connectivity index (χ2v) is 11.0. The van der Waals surface area contributed by atoms with Gasteiger partial charge in [-0.3, -0.25) is 0 Å². The molecule has 0 spiro atoms. The lowest BCUT2D eigenvalue weighted by atomic mass is 9.64. The van der Waals surface area contributed by atoms with E-state index in [1.54, 1.807) is 0 Å². The molecule has 5 aromatic carbocycles. The van der Waals surface area contributed by atoms with Crippen LogP contribution in [0.2, 0.25) is 0 Å². The minimum Gasteiger partial charge on any atom is -0.309 e. The standard InChI is InChI=1S/C38H29N/c1-26-12-10-13-27(24-26)38(34-20-6-2-16-30(34)31-17-3-7-21-35(31)38)28-14-11-15-29(25-28)39-36-22-8-4-18-32(36)33-19-5-9-23-37(33)39/h2-23,25-26H,24H2,1H3. The molecule has 0 N–H and O–H groups in total. The first kappa shape index (κ1) is 22.4. The number of aromatic nitrogens is 1. The van der Waals surface area contributed by atoms with Crippen molar-refractivity contribution in [3.63, 3.8) is 0 Å². The number of allylic oxidation sites excluding steroid dienone is 4. The predicted molar refractivity (Wildman–Crippen MR) is 164 cm³/mol. The van der Waals surface area contributed by atoms with E-state index in [4.69, 9.17) is 0 Å². The fourth-order valence-corrected chi connectivity index (χ4v) is 7.28. The van der Waals surface area contributed by atoms with Crippen LogP contribution in [0.15, 0.2) is 145 Å². The van der Waals surface area contributed by atoms with Gasteiger partial charge in [-0.25, -0.2) is 0 Å². The maximum atomic E-state index is 2.45. The van der Waals surface area contributed by atoms with Crippen LogP contribution in [-0.4, -0.2) is 4.57 Å². The van der Waals surface area contributed by atoms with Crippen LogP contribution < -0.4 is 0 Å². The van der Waals surface area contributed by atoms with Gasteiger partial charge < -0.3 is 4.57 Å². The summed E-state index contributed by atoms with van der Waals surface area (Å²) >= 11 is 0. The SMILES string of the molecule is CC1C=CC=C(C2(c3cccc(-n4c5ccccc5c5ccccc54)c3)c3ccccc3-c3ccccc32)C1. The fourth-order valence-electron chi connectivity index (χ4n) is 7.28. The Morgan fingerprint density at radius 3 is 1.87 bits per heavy atom. The summed E-state index contributed by atoms with van der Waals surface area (Å²) < 4.78 is 2.44. The van der Waals surface area contributed by atoms with Crippen LogP contribution in [0.3, 0.4) is 0 Å². The van der Waals surface area contributed by atoms with E-state index in [0.29, 0.717) is 5.92 Å². The third-order valence-electron chi connectivity index (χ3n) is 8.83. The number of rotatable bonds is 3. The second-order valence-electron chi connectivity index (χ2n) is 11.0. The van der Waals surface area contributed by atoms with E-state index >= 15 is 0 Å². The van der Waals surface area contributed by atoms with E-state index < -0.39 is 0 Å². The van der Waals surface area contributed by atoms with E-state index in [9.17, 15) is 0 Å². The maximum absolute atomic E-state index is 2.45. The molecule has 6 aromatic rings. The highest BCUT2D eigenvalue weighted by molar-refractivity contribution is 6.09. The van der Waals surface area contributed by atoms with Crippen molar-refractivity contribution in [2.45, 2.75) is 18.8 Å². The van der Waals surface area contributed by atoms with Gasteiger partial charge in [0.05, 0.1) is 16.4 Å². The molecule has 0 radical (unpaired) electrons. The van der Waals surface area contributed by atoms with Crippen molar-refractivity contribution in [2.75, 3.05) is 0 Å². The Balaban J connectivity index is 1.46. The van der Waals surface area contributed by atoms with Crippen molar-refractivity contribution in [3.05, 3.63) is 162 Å². The van der Waals surface area contributed by atoms with E-state index in [1.165, 1.54) is 60.9 Å². The molecule has 1 heteroatoms. The van der Waals surface area contributed by atoms with E-state index in [0.717, 1.165) is 6.42 Å². The molecule has 0 bridgehead atoms. The molecule has 0 aliphatic heterocycles. The monoisotopic (exact) mass is 499 g/mol. The Kier molecular flexibility index (Phi) is 4.84. The zero-order valence-corrected chi connectivity index (χ0v) is 22.0. The van der Waals surface area contributed by atoms with Gasteiger partial charge in [-0.05, 0) is 64.4 Å². The van der Waals surface area contributed by atoms with Crippen molar-refractivity contribution in [2.24, 2.45) is 5.92 Å². The van der Waals surface area contributed by atoms with Crippen LogP contribution in [0, 0.1) is 5.92 Å². The highest BCUT2D eigenvalue weighted by Crippen LogP contribution is 2.58. The lowest BCUT2D eigenvalue weighted by Gasteiger charge is -2.38. The summed E-state index contributed by atoms with van der Waals surface area (Å²) in [4.78, 5) is 0. The molecule has 1 unspecified atom stereocenters. The Bertz CT molecular complexity index is 1870. The van der Waals surface area contributed by atoms with Gasteiger partial charge in [0, 0.05) is 16.5 Å². The Morgan fingerprint density at radius 1 is 0.641 bits per heavy atom. The van der Waals surface area contributed by atoms with Crippen LogP contribution in [0.5, 0.6) is 0 Å². The molecule has 39 heavy (non-hydrogen) atoms. The molecule has 186 valence electrons. The van der Waals surface area contributed by atoms with Gasteiger partial charge in [-0.15, -0.1) is 0 Å². The van der Waals surface area contributed by atoms with E-state index in [1.807, 2.05) is 0 Å². The number of para-hydroxylation sites is 2. The van der Waals surface area contributed by atoms with E-state index in [2.05, 4.69) is 151 Å². The summed E-state index contributed by atoms with van der Waals surface area (Å²) in [6.07, 6.45) is 8.02. The third kappa shape index (κ3) is 3.08. The van der Waals surface area contributed by atoms with Crippen molar-refractivity contribution in [3.8, 4) is 16.8 Å². The molecular formula is C38H29N. The summed E-state index contributed by atoms with van der Waals surface area (Å²) in [5, 5.41) is 2.58. The van der Waals surface area contributed by atoms with E-state index in [-0.39, 0.29) is 5.41 Å². The molecule has 0 amide bonds. The Morgan fingerprint density at radius 2 is 1.23 bits per heavy atom. The molecule has 2 aliphatic carbocycles. The quantitative estimate of drug-likeness (QED) is 0.228. The molecule has 1 nitrogen and oxygen atoms in total. The van der Waals surface area contributed by atoms with Crippen LogP contribution in [0.1, 0.15) is 30.0 Å². The maximum Gasteiger partial charge on any atom is 0.0677 e. The van der Waals surface area contributed by atoms with Crippen LogP contribution in [0.4, 0.5) is 0 Å². The van der Waals surface area contributed by atoms with Crippen LogP contribution >= 0.6 is 0 Å². The molecular weight excluding hydrogens is 470 g/mol. The normalized spacial score (nSPS) is 17.3. The summed E-state index contributed by atoms with van der Waals surface area (Å²) in [5.41, 5.74) is 11.6. The third-order valence-corrected chi connectivity index (χ3v) is 8.83. The minimum absolute atomic E-state index is 0.332. The smallest absolute Gasteiger partial charge is 0.0677 e. The lowest BCUT2D eigenvalue weighted by Crippen LogP contribution is -2.31. The first-order valence-electron chi connectivity index (χ1n) is 13.9. The number of benzene rings is 5. The van der Waals surface area contributed by atoms with Gasteiger partial charge in [-0.2, -0.15) is 0 Å². The molecule has 0 saturated carbocycles. The Hall–Kier alpha value is -4.62. The molecule has 1 heterocycles. The van der Waals surface area contributed by atoms with Crippen LogP contribution in [-0.2, 0) is 5.41 Å². The molecule has 1 atom stereocenters. The molecule has 0 saturated heterocycles. The van der Waals surface area contributed by atoms with Crippen molar-refractivity contribution in [1.82, 2.24) is 4.57 Å². The highest BCUT2D eigenvalue weighted by atomic mass is 15.0. The predicted octanol–water partition coefficient (Wildman–Crippen LogP) is 9.62. The summed E-state index contributed by atoms with van der Waals surface area (Å²) in [6, 6.07) is 44.9. The van der Waals surface area contributed by atoms with Crippen molar-refractivity contribution in [1.29, 1.82) is 0 Å². The second kappa shape index (κ2) is 8.44. The Labute approximate surface area is 229 Å². The van der Waals surface area contributed by atoms with Gasteiger partial charge in [-0.1, -0.05) is 128 Å². The first-order chi connectivity index (χ1) is 19.3. The summed E-state index contributed by atoms with van der Waals surface area (Å²) in [5.74, 6) is 0.502. The highest BCUT2D eigenvalue weighted by Gasteiger charge is 2.47. The van der Waals surface area contributed by atoms with Gasteiger partial charge in [0.25, 0.3) is 0 Å². The van der Waals surface area contributed by atoms with Crippen molar-refractivity contribution >= 4 is 21.8 Å². The van der Waals surface area contributed by atoms with Gasteiger partial charge >= 0.3 is 0 Å². The van der Waals surface area contributed by atoms with Gasteiger partial charge in [0.15, 0.2) is 0 Å². The fraction of sp³-hybridized carbons (Fsp3) is 0.105. The van der Waals surface area contributed by atoms with Crippen LogP contribution in [0.25, 0.3) is 38.6 Å². The largest absolute Gasteiger partial charge is 0.309 e. The molecule has 1 aromatic heterocycles. The zero-order chi connectivity index (χ0) is 26.0. The topological polar surface area (TPSA) is 4.93 Å². The average molecular weight is 500 g/mol. The first-order valence-corrected chi connectivity index (χ1v) is 13.9. The van der Waals surface area contributed by atoms with Gasteiger partial charge in [0.1, 0.15) is 0 Å². The lowest BCUT2D eigenvalue weighted by molar-refractivity contribution is 0.615. The zero-order valence-electron chi connectivity index (χ0n) is 22.0. The number of hydrogen-bond donors (Lipinski definition) is 0.